The third kappa shape index (κ3) is 4.42. The zero-order valence-corrected chi connectivity index (χ0v) is 16.2. The molecule has 0 aliphatic carbocycles. The predicted molar refractivity (Wildman–Crippen MR) is 104 cm³/mol. The van der Waals surface area contributed by atoms with Gasteiger partial charge in [-0.3, -0.25) is 19.0 Å². The van der Waals surface area contributed by atoms with Crippen molar-refractivity contribution in [1.29, 1.82) is 0 Å². The van der Waals surface area contributed by atoms with Gasteiger partial charge in [0.25, 0.3) is 5.56 Å². The molecule has 3 aromatic rings. The lowest BCUT2D eigenvalue weighted by Crippen LogP contribution is -2.32. The molecule has 0 unspecified atom stereocenters. The molecule has 1 aromatic carbocycles. The highest BCUT2D eigenvalue weighted by molar-refractivity contribution is 8.00. The van der Waals surface area contributed by atoms with E-state index >= 15 is 0 Å². The van der Waals surface area contributed by atoms with E-state index in [1.807, 2.05) is 0 Å². The van der Waals surface area contributed by atoms with E-state index in [-0.39, 0.29) is 29.7 Å². The minimum absolute atomic E-state index is 0.242. The Bertz CT molecular complexity index is 1050. The molecule has 2 aromatic heterocycles. The Morgan fingerprint density at radius 1 is 1.29 bits per heavy atom. The molecule has 0 radical (unpaired) electrons. The minimum Gasteiger partial charge on any atom is -0.468 e. The number of esters is 1. The molecule has 9 heteroatoms. The van der Waals surface area contributed by atoms with Crippen LogP contribution in [0.3, 0.4) is 0 Å². The van der Waals surface area contributed by atoms with Gasteiger partial charge in [-0.1, -0.05) is 23.9 Å². The van der Waals surface area contributed by atoms with Gasteiger partial charge in [0.1, 0.15) is 12.3 Å². The monoisotopic (exact) mass is 401 g/mol. The molecular formula is C19H19N3O5S. The maximum absolute atomic E-state index is 12.8. The first kappa shape index (κ1) is 19.7. The second-order valence-electron chi connectivity index (χ2n) is 5.94. The van der Waals surface area contributed by atoms with Crippen LogP contribution in [-0.2, 0) is 27.4 Å². The fourth-order valence-electron chi connectivity index (χ4n) is 2.51. The molecule has 0 saturated heterocycles. The molecule has 0 spiro atoms. The predicted octanol–water partition coefficient (Wildman–Crippen LogP) is 1.96. The lowest BCUT2D eigenvalue weighted by molar-refractivity contribution is -0.141. The Morgan fingerprint density at radius 3 is 2.79 bits per heavy atom. The number of furan rings is 1. The van der Waals surface area contributed by atoms with E-state index < -0.39 is 11.2 Å². The van der Waals surface area contributed by atoms with Crippen molar-refractivity contribution in [2.24, 2.45) is 0 Å². The molecule has 1 atom stereocenters. The van der Waals surface area contributed by atoms with E-state index in [0.717, 1.165) is 11.8 Å². The molecule has 2 heterocycles. The van der Waals surface area contributed by atoms with Crippen LogP contribution in [0.15, 0.2) is 57.0 Å². The van der Waals surface area contributed by atoms with Gasteiger partial charge in [0, 0.05) is 0 Å². The normalized spacial score (nSPS) is 11.9. The van der Waals surface area contributed by atoms with E-state index in [4.69, 9.17) is 4.42 Å². The van der Waals surface area contributed by atoms with Gasteiger partial charge in [0.2, 0.25) is 5.91 Å². The van der Waals surface area contributed by atoms with E-state index in [1.54, 1.807) is 43.3 Å². The first-order valence-electron chi connectivity index (χ1n) is 8.52. The number of carbonyl (C=O) groups is 2. The van der Waals surface area contributed by atoms with Crippen LogP contribution in [0, 0.1) is 0 Å². The first-order valence-corrected chi connectivity index (χ1v) is 9.40. The van der Waals surface area contributed by atoms with Crippen LogP contribution in [0.4, 0.5) is 0 Å². The molecule has 28 heavy (non-hydrogen) atoms. The van der Waals surface area contributed by atoms with Crippen LogP contribution in [0.5, 0.6) is 0 Å². The molecule has 1 amide bonds. The van der Waals surface area contributed by atoms with Gasteiger partial charge in [0.15, 0.2) is 5.16 Å². The number of ether oxygens (including phenoxy) is 1. The fraction of sp³-hybridized carbons (Fsp3) is 0.263. The van der Waals surface area contributed by atoms with Crippen LogP contribution in [0.25, 0.3) is 10.9 Å². The molecule has 0 fully saturated rings. The van der Waals surface area contributed by atoms with Gasteiger partial charge in [-0.25, -0.2) is 4.98 Å². The van der Waals surface area contributed by atoms with Gasteiger partial charge >= 0.3 is 5.97 Å². The maximum Gasteiger partial charge on any atom is 0.325 e. The highest BCUT2D eigenvalue weighted by Gasteiger charge is 2.20. The van der Waals surface area contributed by atoms with Gasteiger partial charge in [-0.05, 0) is 31.2 Å². The Labute approximate surface area is 164 Å². The van der Waals surface area contributed by atoms with Crippen molar-refractivity contribution in [1.82, 2.24) is 14.9 Å². The van der Waals surface area contributed by atoms with E-state index in [0.29, 0.717) is 16.7 Å². The summed E-state index contributed by atoms with van der Waals surface area (Å²) in [6.07, 6.45) is 1.53. The number of nitrogens with one attached hydrogen (secondary N) is 1. The van der Waals surface area contributed by atoms with Crippen LogP contribution in [0.2, 0.25) is 0 Å². The van der Waals surface area contributed by atoms with Gasteiger partial charge in [-0.2, -0.15) is 0 Å². The molecule has 0 aliphatic heterocycles. The highest BCUT2D eigenvalue weighted by Crippen LogP contribution is 2.23. The van der Waals surface area contributed by atoms with Crippen molar-refractivity contribution in [3.8, 4) is 0 Å². The molecule has 0 saturated carbocycles. The maximum atomic E-state index is 12.8. The fourth-order valence-corrected chi connectivity index (χ4v) is 3.45. The number of fused-ring (bicyclic) bond motifs is 1. The zero-order chi connectivity index (χ0) is 20.1. The topological polar surface area (TPSA) is 103 Å². The van der Waals surface area contributed by atoms with Crippen molar-refractivity contribution >= 4 is 34.5 Å². The van der Waals surface area contributed by atoms with Gasteiger partial charge < -0.3 is 14.5 Å². The van der Waals surface area contributed by atoms with E-state index in [9.17, 15) is 14.4 Å². The first-order chi connectivity index (χ1) is 13.5. The Kier molecular flexibility index (Phi) is 6.15. The largest absolute Gasteiger partial charge is 0.468 e. The summed E-state index contributed by atoms with van der Waals surface area (Å²) >= 11 is 1.10. The third-order valence-electron chi connectivity index (χ3n) is 4.01. The van der Waals surface area contributed by atoms with Crippen molar-refractivity contribution in [3.63, 3.8) is 0 Å². The standard InChI is InChI=1S/C19H19N3O5S/c1-12(17(24)20-10-13-6-5-9-27-13)28-19-21-15-8-4-3-7-14(15)18(25)22(19)11-16(23)26-2/h3-9,12H,10-11H2,1-2H3,(H,20,24)/t12-/m1/s1. The zero-order valence-electron chi connectivity index (χ0n) is 15.4. The number of hydrogen-bond acceptors (Lipinski definition) is 7. The van der Waals surface area contributed by atoms with Gasteiger partial charge in [-0.15, -0.1) is 0 Å². The summed E-state index contributed by atoms with van der Waals surface area (Å²) in [6, 6.07) is 10.4. The number of para-hydroxylation sites is 1. The number of hydrogen-bond donors (Lipinski definition) is 1. The Hall–Kier alpha value is -3.07. The molecule has 0 aliphatic rings. The number of aromatic nitrogens is 2. The summed E-state index contributed by atoms with van der Waals surface area (Å²) in [5.41, 5.74) is 0.140. The second kappa shape index (κ2) is 8.75. The number of carbonyl (C=O) groups excluding carboxylic acids is 2. The summed E-state index contributed by atoms with van der Waals surface area (Å²) < 4.78 is 11.1. The number of benzene rings is 1. The minimum atomic E-state index is -0.573. The lowest BCUT2D eigenvalue weighted by atomic mass is 10.2. The smallest absolute Gasteiger partial charge is 0.325 e. The Balaban J connectivity index is 1.85. The van der Waals surface area contributed by atoms with Crippen LogP contribution in [0.1, 0.15) is 12.7 Å². The molecule has 3 rings (SSSR count). The summed E-state index contributed by atoms with van der Waals surface area (Å²) in [6.45, 7) is 1.68. The lowest BCUT2D eigenvalue weighted by Gasteiger charge is -2.15. The molecular weight excluding hydrogens is 382 g/mol. The van der Waals surface area contributed by atoms with Crippen LogP contribution >= 0.6 is 11.8 Å². The molecule has 146 valence electrons. The summed E-state index contributed by atoms with van der Waals surface area (Å²) in [7, 11) is 1.25. The summed E-state index contributed by atoms with van der Waals surface area (Å²) in [5, 5.41) is 2.89. The number of rotatable bonds is 7. The average molecular weight is 401 g/mol. The average Bonchev–Trinajstić information content (AvgIpc) is 3.22. The second-order valence-corrected chi connectivity index (χ2v) is 7.24. The van der Waals surface area contributed by atoms with E-state index in [2.05, 4.69) is 15.0 Å². The quantitative estimate of drug-likeness (QED) is 0.367. The number of thioether (sulfide) groups is 1. The van der Waals surface area contributed by atoms with Crippen LogP contribution < -0.4 is 10.9 Å². The summed E-state index contributed by atoms with van der Waals surface area (Å²) in [5.74, 6) is -0.179. The SMILES string of the molecule is COC(=O)Cn1c(S[C@H](C)C(=O)NCc2ccco2)nc2ccccc2c1=O. The highest BCUT2D eigenvalue weighted by atomic mass is 32.2. The number of methoxy groups -OCH3 is 1. The molecule has 0 bridgehead atoms. The van der Waals surface area contributed by atoms with Crippen molar-refractivity contribution in [2.45, 2.75) is 30.4 Å². The van der Waals surface area contributed by atoms with Crippen molar-refractivity contribution in [2.75, 3.05) is 7.11 Å². The van der Waals surface area contributed by atoms with Crippen molar-refractivity contribution < 1.29 is 18.7 Å². The number of nitrogens with zero attached hydrogens (tertiary/aromatic N) is 2. The van der Waals surface area contributed by atoms with Gasteiger partial charge in [0.05, 0.1) is 36.1 Å². The number of amides is 1. The summed E-state index contributed by atoms with van der Waals surface area (Å²) in [4.78, 5) is 41.5. The van der Waals surface area contributed by atoms with Crippen molar-refractivity contribution in [3.05, 3.63) is 58.8 Å². The molecule has 8 nitrogen and oxygen atoms in total. The molecule has 1 N–H and O–H groups in total. The van der Waals surface area contributed by atoms with E-state index in [1.165, 1.54) is 17.9 Å². The third-order valence-corrected chi connectivity index (χ3v) is 5.10. The van der Waals surface area contributed by atoms with Crippen LogP contribution in [-0.4, -0.2) is 33.8 Å². The Morgan fingerprint density at radius 2 is 2.07 bits per heavy atom.